The zero-order valence-corrected chi connectivity index (χ0v) is 53.4. The number of nitrogens with zero attached hydrogens (tertiary/aromatic N) is 1. The molecule has 80 heavy (non-hydrogen) atoms. The van der Waals surface area contributed by atoms with Crippen molar-refractivity contribution < 1.29 is 32.9 Å². The van der Waals surface area contributed by atoms with Crippen LogP contribution in [0.4, 0.5) is 0 Å². The van der Waals surface area contributed by atoms with Crippen LogP contribution in [0.15, 0.2) is 122 Å². The number of phosphoric acid groups is 1. The maximum atomic E-state index is 13.0. The molecule has 0 aliphatic carbocycles. The lowest BCUT2D eigenvalue weighted by Gasteiger charge is -2.25. The number of hydrogen-bond donors (Lipinski definition) is 3. The molecular formula is C71H126N2O6P+. The lowest BCUT2D eigenvalue weighted by Crippen LogP contribution is -2.45. The molecule has 0 aromatic heterocycles. The van der Waals surface area contributed by atoms with E-state index in [1.807, 2.05) is 27.2 Å². The highest BCUT2D eigenvalue weighted by atomic mass is 31.2. The molecule has 3 unspecified atom stereocenters. The molecule has 9 heteroatoms. The molecule has 0 radical (unpaired) electrons. The van der Waals surface area contributed by atoms with Crippen molar-refractivity contribution in [2.24, 2.45) is 0 Å². The van der Waals surface area contributed by atoms with Crippen molar-refractivity contribution in [3.63, 3.8) is 0 Å². The average Bonchev–Trinajstić information content (AvgIpc) is 3.42. The number of hydrogen-bond acceptors (Lipinski definition) is 5. The van der Waals surface area contributed by atoms with Gasteiger partial charge in [0.2, 0.25) is 5.91 Å². The molecule has 0 heterocycles. The van der Waals surface area contributed by atoms with Crippen molar-refractivity contribution in [1.29, 1.82) is 0 Å². The number of aliphatic hydroxyl groups is 1. The fourth-order valence-corrected chi connectivity index (χ4v) is 9.81. The van der Waals surface area contributed by atoms with Crippen LogP contribution in [0.25, 0.3) is 0 Å². The van der Waals surface area contributed by atoms with Crippen LogP contribution in [0.5, 0.6) is 0 Å². The second-order valence-electron chi connectivity index (χ2n) is 23.1. The predicted molar refractivity (Wildman–Crippen MR) is 350 cm³/mol. The number of aliphatic hydroxyl groups excluding tert-OH is 1. The highest BCUT2D eigenvalue weighted by molar-refractivity contribution is 7.47. The summed E-state index contributed by atoms with van der Waals surface area (Å²) in [5.41, 5.74) is 0. The molecule has 0 spiro atoms. The van der Waals surface area contributed by atoms with Crippen molar-refractivity contribution in [1.82, 2.24) is 5.32 Å². The van der Waals surface area contributed by atoms with E-state index in [2.05, 4.69) is 129 Å². The van der Waals surface area contributed by atoms with E-state index in [1.54, 1.807) is 6.08 Å². The van der Waals surface area contributed by atoms with Gasteiger partial charge in [-0.25, -0.2) is 4.57 Å². The molecule has 3 N–H and O–H groups in total. The van der Waals surface area contributed by atoms with E-state index in [-0.39, 0.29) is 19.1 Å². The zero-order valence-electron chi connectivity index (χ0n) is 52.5. The van der Waals surface area contributed by atoms with Crippen molar-refractivity contribution >= 4 is 13.7 Å². The van der Waals surface area contributed by atoms with Crippen molar-refractivity contribution in [3.05, 3.63) is 122 Å². The molecule has 0 saturated heterocycles. The Labute approximate surface area is 494 Å². The van der Waals surface area contributed by atoms with Gasteiger partial charge in [-0.15, -0.1) is 0 Å². The Balaban J connectivity index is 4.15. The van der Waals surface area contributed by atoms with E-state index in [4.69, 9.17) is 9.05 Å². The maximum absolute atomic E-state index is 13.0. The second kappa shape index (κ2) is 60.5. The fourth-order valence-electron chi connectivity index (χ4n) is 9.07. The number of carbonyl (C=O) groups excluding carboxylic acids is 1. The van der Waals surface area contributed by atoms with Crippen LogP contribution in [-0.2, 0) is 18.4 Å². The number of carbonyl (C=O) groups is 1. The average molecular weight is 1130 g/mol. The molecule has 0 saturated carbocycles. The van der Waals surface area contributed by atoms with Crippen molar-refractivity contribution in [2.75, 3.05) is 40.9 Å². The molecule has 0 aliphatic heterocycles. The molecule has 0 fully saturated rings. The van der Waals surface area contributed by atoms with Gasteiger partial charge < -0.3 is 19.8 Å². The van der Waals surface area contributed by atoms with Crippen molar-refractivity contribution in [2.45, 2.75) is 283 Å². The first-order valence-electron chi connectivity index (χ1n) is 32.9. The summed E-state index contributed by atoms with van der Waals surface area (Å²) in [6.07, 6.45) is 90.4. The molecule has 1 amide bonds. The van der Waals surface area contributed by atoms with Gasteiger partial charge in [-0.05, 0) is 96.3 Å². The summed E-state index contributed by atoms with van der Waals surface area (Å²) in [6.45, 7) is 4.69. The Morgan fingerprint density at radius 1 is 0.438 bits per heavy atom. The highest BCUT2D eigenvalue weighted by Crippen LogP contribution is 2.43. The van der Waals surface area contributed by atoms with E-state index >= 15 is 0 Å². The largest absolute Gasteiger partial charge is 0.472 e. The van der Waals surface area contributed by atoms with Gasteiger partial charge in [-0.2, -0.15) is 0 Å². The highest BCUT2D eigenvalue weighted by Gasteiger charge is 2.27. The summed E-state index contributed by atoms with van der Waals surface area (Å²) < 4.78 is 23.8. The molecule has 0 rings (SSSR count). The standard InChI is InChI=1S/C71H125N2O6P/c1-6-8-10-12-14-16-18-20-22-24-26-28-29-30-31-32-33-34-35-36-37-38-39-40-41-42-43-45-47-49-51-53-55-57-59-61-63-65-71(75)72-69(68-79-80(76,77)78-67-66-73(3,4)5)70(74)64-62-60-58-56-54-52-50-48-46-44-27-25-23-21-19-17-15-13-11-9-7-2/h8,10,14,16,20,22,26,28,30-31,33-34,36-37,39-40,54,56,62,64,69-70,74H,6-7,9,11-13,15,17-19,21,23-25,27,29,32,35,38,41-53,55,57-61,63,65-68H2,1-5H3,(H-,72,75,76,77)/p+1/b10-8-,16-14-,22-20-,28-26-,31-30-,34-33-,37-36-,40-39-,56-54+,64-62+. The number of phosphoric ester groups is 1. The molecule has 0 bridgehead atoms. The Bertz CT molecular complexity index is 1720. The number of likely N-dealkylation sites (N-methyl/N-ethyl adjacent to an activating group) is 1. The first kappa shape index (κ1) is 76.9. The summed E-state index contributed by atoms with van der Waals surface area (Å²) in [7, 11) is 1.55. The Morgan fingerprint density at radius 2 is 0.762 bits per heavy atom. The van der Waals surface area contributed by atoms with Gasteiger partial charge in [0.25, 0.3) is 0 Å². The number of unbranched alkanes of at least 4 members (excludes halogenated alkanes) is 28. The zero-order chi connectivity index (χ0) is 58.4. The number of allylic oxidation sites excluding steroid dienone is 19. The summed E-state index contributed by atoms with van der Waals surface area (Å²) >= 11 is 0. The summed E-state index contributed by atoms with van der Waals surface area (Å²) in [5.74, 6) is -0.192. The monoisotopic (exact) mass is 1130 g/mol. The van der Waals surface area contributed by atoms with Gasteiger partial charge in [0.05, 0.1) is 39.9 Å². The Kier molecular flexibility index (Phi) is 58.1. The molecule has 460 valence electrons. The van der Waals surface area contributed by atoms with Crippen molar-refractivity contribution in [3.8, 4) is 0 Å². The van der Waals surface area contributed by atoms with Crippen LogP contribution in [-0.4, -0.2) is 73.4 Å². The van der Waals surface area contributed by atoms with E-state index in [0.29, 0.717) is 17.4 Å². The van der Waals surface area contributed by atoms with Gasteiger partial charge in [0.15, 0.2) is 0 Å². The van der Waals surface area contributed by atoms with Gasteiger partial charge in [0.1, 0.15) is 13.2 Å². The lowest BCUT2D eigenvalue weighted by atomic mass is 10.0. The third kappa shape index (κ3) is 62.5. The van der Waals surface area contributed by atoms with Crippen LogP contribution < -0.4 is 5.32 Å². The van der Waals surface area contributed by atoms with E-state index < -0.39 is 20.0 Å². The van der Waals surface area contributed by atoms with Gasteiger partial charge >= 0.3 is 7.82 Å². The predicted octanol–water partition coefficient (Wildman–Crippen LogP) is 20.9. The molecule has 0 aromatic rings. The van der Waals surface area contributed by atoms with Crippen LogP contribution in [0.2, 0.25) is 0 Å². The Morgan fingerprint density at radius 3 is 1.15 bits per heavy atom. The molecule has 0 aromatic carbocycles. The molecule has 8 nitrogen and oxygen atoms in total. The van der Waals surface area contributed by atoms with Gasteiger partial charge in [-0.3, -0.25) is 13.8 Å². The molecule has 0 aliphatic rings. The second-order valence-corrected chi connectivity index (χ2v) is 24.6. The molecule has 3 atom stereocenters. The summed E-state index contributed by atoms with van der Waals surface area (Å²) in [5, 5.41) is 14.0. The van der Waals surface area contributed by atoms with E-state index in [0.717, 1.165) is 89.9 Å². The first-order chi connectivity index (χ1) is 39.0. The maximum Gasteiger partial charge on any atom is 0.472 e. The van der Waals surface area contributed by atoms with Gasteiger partial charge in [0, 0.05) is 6.42 Å². The number of nitrogens with one attached hydrogen (secondary N) is 1. The quantitative estimate of drug-likeness (QED) is 0.0243. The Hall–Kier alpha value is -3.10. The minimum atomic E-state index is -4.37. The lowest BCUT2D eigenvalue weighted by molar-refractivity contribution is -0.870. The minimum Gasteiger partial charge on any atom is -0.387 e. The molecular weight excluding hydrogens is 1010 g/mol. The summed E-state index contributed by atoms with van der Waals surface area (Å²) in [4.78, 5) is 23.4. The first-order valence-corrected chi connectivity index (χ1v) is 34.4. The minimum absolute atomic E-state index is 0.0511. The third-order valence-corrected chi connectivity index (χ3v) is 15.1. The van der Waals surface area contributed by atoms with E-state index in [1.165, 1.54) is 161 Å². The fraction of sp³-hybridized carbons (Fsp3) is 0.704. The van der Waals surface area contributed by atoms with Crippen LogP contribution in [0.1, 0.15) is 271 Å². The third-order valence-electron chi connectivity index (χ3n) is 14.2. The topological polar surface area (TPSA) is 105 Å². The van der Waals surface area contributed by atoms with Crippen LogP contribution in [0, 0.1) is 0 Å². The van der Waals surface area contributed by atoms with Crippen LogP contribution in [0.3, 0.4) is 0 Å². The van der Waals surface area contributed by atoms with Gasteiger partial charge in [-0.1, -0.05) is 289 Å². The summed E-state index contributed by atoms with van der Waals surface area (Å²) in [6, 6.07) is -0.873. The number of amides is 1. The number of rotatable bonds is 59. The normalized spacial score (nSPS) is 14.5. The number of quaternary nitrogens is 1. The smallest absolute Gasteiger partial charge is 0.387 e. The van der Waals surface area contributed by atoms with E-state index in [9.17, 15) is 19.4 Å². The SMILES string of the molecule is CC/C=C\C/C=C\C/C=C\C/C=C\C/C=C\C/C=C\C/C=C\C/C=C\CCCCCCCCCCCCCCC(=O)NC(COP(=O)(O)OCC[N+](C)(C)C)C(O)/C=C/CC/C=C/CCCCCCCCCCCCCCCCC. The van der Waals surface area contributed by atoms with Crippen LogP contribution >= 0.6 is 7.82 Å².